The minimum Gasteiger partial charge on any atom is -0.340 e. The van der Waals surface area contributed by atoms with Crippen LogP contribution in [0.5, 0.6) is 0 Å². The second kappa shape index (κ2) is 8.08. The smallest absolute Gasteiger partial charge is 0.229 e. The Morgan fingerprint density at radius 1 is 1.04 bits per heavy atom. The van der Waals surface area contributed by atoms with Gasteiger partial charge >= 0.3 is 0 Å². The van der Waals surface area contributed by atoms with Crippen LogP contribution in [0.2, 0.25) is 0 Å². The molecule has 0 aliphatic carbocycles. The Hall–Kier alpha value is -1.08. The van der Waals surface area contributed by atoms with E-state index in [0.29, 0.717) is 12.5 Å². The Balaban J connectivity index is 1.35. The predicted octanol–water partition coefficient (Wildman–Crippen LogP) is 1.49. The first-order chi connectivity index (χ1) is 12.3. The van der Waals surface area contributed by atoms with Crippen molar-refractivity contribution in [1.29, 1.82) is 0 Å². The van der Waals surface area contributed by atoms with Crippen LogP contribution in [-0.2, 0) is 4.79 Å². The summed E-state index contributed by atoms with van der Waals surface area (Å²) in [5, 5.41) is 0. The maximum absolute atomic E-state index is 13.1. The average Bonchev–Trinajstić information content (AvgIpc) is 3.19. The number of rotatable bonds is 3. The number of hydrogen-bond donors (Lipinski definition) is 2. The van der Waals surface area contributed by atoms with Crippen LogP contribution in [0.15, 0.2) is 30.3 Å². The lowest BCUT2D eigenvalue weighted by Crippen LogP contribution is -2.54. The highest BCUT2D eigenvalue weighted by atomic mass is 32.2. The van der Waals surface area contributed by atoms with Crippen LogP contribution in [-0.4, -0.2) is 66.0 Å². The first kappa shape index (κ1) is 17.3. The van der Waals surface area contributed by atoms with E-state index in [1.807, 2.05) is 18.2 Å². The summed E-state index contributed by atoms with van der Waals surface area (Å²) < 4.78 is 0. The van der Waals surface area contributed by atoms with Crippen LogP contribution in [0.3, 0.4) is 0 Å². The first-order valence-electron chi connectivity index (χ1n) is 9.47. The molecule has 0 bridgehead atoms. The van der Waals surface area contributed by atoms with Crippen molar-refractivity contribution in [3.8, 4) is 0 Å². The SMILES string of the molecule is O=C(C1CNNC1c1ccccc1)N1CCN(C2CCSCC2)CC1. The van der Waals surface area contributed by atoms with E-state index in [1.165, 1.54) is 29.9 Å². The molecule has 2 unspecified atom stereocenters. The normalized spacial score (nSPS) is 29.0. The van der Waals surface area contributed by atoms with Crippen molar-refractivity contribution in [3.63, 3.8) is 0 Å². The van der Waals surface area contributed by atoms with Gasteiger partial charge in [-0.05, 0) is 29.9 Å². The van der Waals surface area contributed by atoms with E-state index in [-0.39, 0.29) is 12.0 Å². The number of nitrogens with zero attached hydrogens (tertiary/aromatic N) is 2. The van der Waals surface area contributed by atoms with Crippen molar-refractivity contribution in [2.24, 2.45) is 5.92 Å². The molecule has 136 valence electrons. The molecule has 25 heavy (non-hydrogen) atoms. The molecule has 0 radical (unpaired) electrons. The van der Waals surface area contributed by atoms with Crippen LogP contribution in [0.4, 0.5) is 0 Å². The summed E-state index contributed by atoms with van der Waals surface area (Å²) in [5.41, 5.74) is 7.67. The Bertz CT molecular complexity index is 570. The fourth-order valence-electron chi connectivity index (χ4n) is 4.30. The van der Waals surface area contributed by atoms with Crippen molar-refractivity contribution in [1.82, 2.24) is 20.7 Å². The van der Waals surface area contributed by atoms with Gasteiger partial charge < -0.3 is 4.90 Å². The maximum Gasteiger partial charge on any atom is 0.229 e. The Morgan fingerprint density at radius 3 is 2.48 bits per heavy atom. The Kier molecular flexibility index (Phi) is 5.60. The van der Waals surface area contributed by atoms with E-state index in [2.05, 4.69) is 44.5 Å². The number of nitrogens with one attached hydrogen (secondary N) is 2. The van der Waals surface area contributed by atoms with Gasteiger partial charge in [0.25, 0.3) is 0 Å². The summed E-state index contributed by atoms with van der Waals surface area (Å²) >= 11 is 2.08. The van der Waals surface area contributed by atoms with Gasteiger partial charge in [0.1, 0.15) is 0 Å². The molecule has 0 spiro atoms. The minimum atomic E-state index is -0.0139. The van der Waals surface area contributed by atoms with Gasteiger partial charge in [-0.2, -0.15) is 11.8 Å². The number of thioether (sulfide) groups is 1. The third-order valence-electron chi connectivity index (χ3n) is 5.79. The number of carbonyl (C=O) groups excluding carboxylic acids is 1. The molecule has 0 aromatic heterocycles. The van der Waals surface area contributed by atoms with Crippen molar-refractivity contribution in [2.75, 3.05) is 44.2 Å². The highest BCUT2D eigenvalue weighted by Gasteiger charge is 2.37. The van der Waals surface area contributed by atoms with Gasteiger partial charge in [0.15, 0.2) is 0 Å². The van der Waals surface area contributed by atoms with Gasteiger partial charge in [0, 0.05) is 38.8 Å². The summed E-state index contributed by atoms with van der Waals surface area (Å²) in [4.78, 5) is 17.8. The van der Waals surface area contributed by atoms with Crippen LogP contribution in [0.1, 0.15) is 24.4 Å². The van der Waals surface area contributed by atoms with Crippen LogP contribution < -0.4 is 10.9 Å². The van der Waals surface area contributed by atoms with E-state index in [9.17, 15) is 4.79 Å². The first-order valence-corrected chi connectivity index (χ1v) is 10.6. The molecule has 1 aromatic carbocycles. The maximum atomic E-state index is 13.1. The van der Waals surface area contributed by atoms with Gasteiger partial charge in [0.2, 0.25) is 5.91 Å². The molecule has 6 heteroatoms. The fraction of sp³-hybridized carbons (Fsp3) is 0.632. The van der Waals surface area contributed by atoms with E-state index in [1.54, 1.807) is 0 Å². The number of hydrazine groups is 1. The summed E-state index contributed by atoms with van der Waals surface area (Å²) in [6.45, 7) is 4.52. The molecule has 3 aliphatic heterocycles. The predicted molar refractivity (Wildman–Crippen MR) is 102 cm³/mol. The zero-order valence-corrected chi connectivity index (χ0v) is 15.5. The third kappa shape index (κ3) is 3.87. The van der Waals surface area contributed by atoms with E-state index in [4.69, 9.17) is 0 Å². The fourth-order valence-corrected chi connectivity index (χ4v) is 5.38. The Morgan fingerprint density at radius 2 is 1.76 bits per heavy atom. The molecule has 0 saturated carbocycles. The molecular formula is C19H28N4OS. The second-order valence-corrected chi connectivity index (χ2v) is 8.45. The highest BCUT2D eigenvalue weighted by Crippen LogP contribution is 2.28. The quantitative estimate of drug-likeness (QED) is 0.855. The molecule has 3 fully saturated rings. The molecule has 2 atom stereocenters. The molecule has 1 amide bonds. The minimum absolute atomic E-state index is 0.0139. The van der Waals surface area contributed by atoms with Crippen molar-refractivity contribution in [3.05, 3.63) is 35.9 Å². The van der Waals surface area contributed by atoms with Gasteiger partial charge in [-0.15, -0.1) is 0 Å². The molecule has 5 nitrogen and oxygen atoms in total. The molecule has 4 rings (SSSR count). The lowest BCUT2D eigenvalue weighted by Gasteiger charge is -2.41. The van der Waals surface area contributed by atoms with Gasteiger partial charge in [0.05, 0.1) is 12.0 Å². The van der Waals surface area contributed by atoms with E-state index >= 15 is 0 Å². The lowest BCUT2D eigenvalue weighted by atomic mass is 9.93. The Labute approximate surface area is 154 Å². The summed E-state index contributed by atoms with van der Waals surface area (Å²) in [5.74, 6) is 2.87. The lowest BCUT2D eigenvalue weighted by molar-refractivity contribution is -0.137. The number of piperazine rings is 1. The van der Waals surface area contributed by atoms with Crippen molar-refractivity contribution >= 4 is 17.7 Å². The standard InChI is InChI=1S/C19H28N4OS/c24-19(17-14-20-21-18(17)15-4-2-1-3-5-15)23-10-8-22(9-11-23)16-6-12-25-13-7-16/h1-5,16-18,20-21H,6-14H2. The number of amides is 1. The molecule has 3 saturated heterocycles. The molecule has 3 heterocycles. The third-order valence-corrected chi connectivity index (χ3v) is 6.84. The number of benzene rings is 1. The number of carbonyl (C=O) groups is 1. The van der Waals surface area contributed by atoms with E-state index in [0.717, 1.165) is 32.2 Å². The summed E-state index contributed by atoms with van der Waals surface area (Å²) in [6.07, 6.45) is 2.62. The molecule has 3 aliphatic rings. The zero-order chi connectivity index (χ0) is 17.1. The molecular weight excluding hydrogens is 332 g/mol. The van der Waals surface area contributed by atoms with Crippen molar-refractivity contribution < 1.29 is 4.79 Å². The molecule has 1 aromatic rings. The topological polar surface area (TPSA) is 47.6 Å². The van der Waals surface area contributed by atoms with Gasteiger partial charge in [-0.25, -0.2) is 5.43 Å². The number of hydrogen-bond acceptors (Lipinski definition) is 5. The second-order valence-electron chi connectivity index (χ2n) is 7.22. The summed E-state index contributed by atoms with van der Waals surface area (Å²) in [7, 11) is 0. The highest BCUT2D eigenvalue weighted by molar-refractivity contribution is 7.99. The summed E-state index contributed by atoms with van der Waals surface area (Å²) in [6, 6.07) is 11.1. The van der Waals surface area contributed by atoms with Crippen LogP contribution >= 0.6 is 11.8 Å². The monoisotopic (exact) mass is 360 g/mol. The zero-order valence-electron chi connectivity index (χ0n) is 14.7. The largest absolute Gasteiger partial charge is 0.340 e. The van der Waals surface area contributed by atoms with E-state index < -0.39 is 0 Å². The van der Waals surface area contributed by atoms with Crippen LogP contribution in [0.25, 0.3) is 0 Å². The van der Waals surface area contributed by atoms with Gasteiger partial charge in [-0.3, -0.25) is 15.1 Å². The van der Waals surface area contributed by atoms with Crippen LogP contribution in [0, 0.1) is 5.92 Å². The van der Waals surface area contributed by atoms with Gasteiger partial charge in [-0.1, -0.05) is 30.3 Å². The average molecular weight is 361 g/mol. The molecule has 2 N–H and O–H groups in total. The van der Waals surface area contributed by atoms with Crippen molar-refractivity contribution in [2.45, 2.75) is 24.9 Å².